The van der Waals surface area contributed by atoms with E-state index in [-0.39, 0.29) is 17.4 Å². The second-order valence-electron chi connectivity index (χ2n) is 8.22. The van der Waals surface area contributed by atoms with Crippen LogP contribution in [-0.2, 0) is 14.3 Å². The van der Waals surface area contributed by atoms with Crippen molar-refractivity contribution in [3.8, 4) is 5.69 Å². The second kappa shape index (κ2) is 8.58. The summed E-state index contributed by atoms with van der Waals surface area (Å²) in [5.41, 5.74) is 5.61. The monoisotopic (exact) mass is 438 g/mol. The molecule has 9 heteroatoms. The predicted molar refractivity (Wildman–Crippen MR) is 116 cm³/mol. The maximum Gasteiger partial charge on any atom is 0.255 e. The Kier molecular flexibility index (Phi) is 5.84. The second-order valence-corrected chi connectivity index (χ2v) is 8.22. The van der Waals surface area contributed by atoms with Crippen LogP contribution in [0.4, 0.5) is 0 Å². The fourth-order valence-corrected chi connectivity index (χ4v) is 4.27. The number of nitrogens with one attached hydrogen (secondary N) is 1. The smallest absolute Gasteiger partial charge is 0.255 e. The molecular weight excluding hydrogens is 412 g/mol. The summed E-state index contributed by atoms with van der Waals surface area (Å²) in [6.45, 7) is 0.393. The van der Waals surface area contributed by atoms with Gasteiger partial charge < -0.3 is 20.7 Å². The number of carbonyl (C=O) groups is 3. The Morgan fingerprint density at radius 1 is 1.12 bits per heavy atom. The van der Waals surface area contributed by atoms with Crippen molar-refractivity contribution in [2.45, 2.75) is 43.4 Å². The number of hydrogen-bond acceptors (Lipinski definition) is 5. The summed E-state index contributed by atoms with van der Waals surface area (Å²) in [5, 5.41) is 2.87. The minimum atomic E-state index is -0.935. The molecule has 2 heterocycles. The molecule has 0 radical (unpaired) electrons. The first kappa shape index (κ1) is 21.8. The Hall–Kier alpha value is -3.46. The van der Waals surface area contributed by atoms with Gasteiger partial charge in [-0.1, -0.05) is 6.07 Å². The largest absolute Gasteiger partial charge is 0.368 e. The van der Waals surface area contributed by atoms with Crippen molar-refractivity contribution in [2.75, 3.05) is 13.7 Å². The molecule has 0 spiro atoms. The van der Waals surface area contributed by atoms with Crippen molar-refractivity contribution < 1.29 is 19.1 Å². The molecule has 2 unspecified atom stereocenters. The van der Waals surface area contributed by atoms with Crippen LogP contribution in [0.5, 0.6) is 0 Å². The molecular formula is C23H26N4O5. The molecule has 2 fully saturated rings. The number of nitrogens with two attached hydrogens (primary N) is 1. The van der Waals surface area contributed by atoms with E-state index in [0.717, 1.165) is 0 Å². The number of pyridine rings is 1. The van der Waals surface area contributed by atoms with Crippen LogP contribution in [0.15, 0.2) is 53.5 Å². The Labute approximate surface area is 185 Å². The molecule has 3 amide bonds. The van der Waals surface area contributed by atoms with Crippen molar-refractivity contribution in [3.63, 3.8) is 0 Å². The molecule has 1 aromatic heterocycles. The highest BCUT2D eigenvalue weighted by molar-refractivity contribution is 5.96. The van der Waals surface area contributed by atoms with Gasteiger partial charge in [-0.05, 0) is 56.0 Å². The highest BCUT2D eigenvalue weighted by atomic mass is 16.5. The quantitative estimate of drug-likeness (QED) is 0.683. The zero-order chi connectivity index (χ0) is 22.9. The summed E-state index contributed by atoms with van der Waals surface area (Å²) in [4.78, 5) is 51.6. The Morgan fingerprint density at radius 2 is 1.84 bits per heavy atom. The minimum Gasteiger partial charge on any atom is -0.368 e. The van der Waals surface area contributed by atoms with E-state index < -0.39 is 23.6 Å². The lowest BCUT2D eigenvalue weighted by molar-refractivity contribution is -0.153. The normalized spacial score (nSPS) is 21.6. The number of hydrogen-bond donors (Lipinski definition) is 2. The van der Waals surface area contributed by atoms with Gasteiger partial charge >= 0.3 is 0 Å². The molecule has 2 aromatic rings. The van der Waals surface area contributed by atoms with E-state index in [1.807, 2.05) is 0 Å². The summed E-state index contributed by atoms with van der Waals surface area (Å²) in [7, 11) is 1.49. The summed E-state index contributed by atoms with van der Waals surface area (Å²) in [5.74, 6) is -1.29. The first-order valence-corrected chi connectivity index (χ1v) is 10.6. The lowest BCUT2D eigenvalue weighted by atomic mass is 9.94. The highest BCUT2D eigenvalue weighted by Crippen LogP contribution is 2.41. The van der Waals surface area contributed by atoms with E-state index in [4.69, 9.17) is 10.5 Å². The fraction of sp³-hybridized carbons (Fsp3) is 0.391. The average Bonchev–Trinajstić information content (AvgIpc) is 3.60. The first-order valence-electron chi connectivity index (χ1n) is 10.6. The molecule has 168 valence electrons. The van der Waals surface area contributed by atoms with Crippen LogP contribution in [0.1, 0.15) is 36.0 Å². The van der Waals surface area contributed by atoms with Gasteiger partial charge in [-0.15, -0.1) is 0 Å². The van der Waals surface area contributed by atoms with Crippen LogP contribution >= 0.6 is 0 Å². The van der Waals surface area contributed by atoms with Crippen molar-refractivity contribution in [3.05, 3.63) is 64.6 Å². The third-order valence-corrected chi connectivity index (χ3v) is 6.21. The third kappa shape index (κ3) is 4.03. The minimum absolute atomic E-state index is 0.176. The topological polar surface area (TPSA) is 124 Å². The lowest BCUT2D eigenvalue weighted by Crippen LogP contribution is -2.63. The molecule has 0 bridgehead atoms. The molecule has 1 saturated heterocycles. The Bertz CT molecular complexity index is 1090. The summed E-state index contributed by atoms with van der Waals surface area (Å²) in [6, 6.07) is 9.90. The number of carbonyl (C=O) groups excluding carboxylic acids is 3. The van der Waals surface area contributed by atoms with E-state index in [2.05, 4.69) is 5.32 Å². The van der Waals surface area contributed by atoms with Gasteiger partial charge in [0, 0.05) is 37.2 Å². The maximum atomic E-state index is 13.0. The number of amides is 3. The summed E-state index contributed by atoms with van der Waals surface area (Å²) < 4.78 is 6.85. The fourth-order valence-electron chi connectivity index (χ4n) is 4.27. The standard InChI is InChI=1S/C23H26N4O5/c1-32-23(11-12-23)22(31)27-14-4-5-17(19(27)20(24)29)25-21(30)15-7-9-16(10-8-15)26-13-3-2-6-18(26)28/h2-3,6-10,13,17,19H,4-5,11-12,14H2,1H3,(H2,24,29)(H,25,30). The van der Waals surface area contributed by atoms with Crippen LogP contribution in [0.25, 0.3) is 5.69 Å². The number of ether oxygens (including phenoxy) is 1. The molecule has 32 heavy (non-hydrogen) atoms. The van der Waals surface area contributed by atoms with Gasteiger partial charge in [0.2, 0.25) is 5.91 Å². The summed E-state index contributed by atoms with van der Waals surface area (Å²) in [6.07, 6.45) is 4.03. The van der Waals surface area contributed by atoms with Gasteiger partial charge in [-0.3, -0.25) is 23.7 Å². The van der Waals surface area contributed by atoms with Crippen molar-refractivity contribution >= 4 is 17.7 Å². The van der Waals surface area contributed by atoms with Crippen LogP contribution in [0.2, 0.25) is 0 Å². The molecule has 1 saturated carbocycles. The molecule has 1 aliphatic heterocycles. The van der Waals surface area contributed by atoms with E-state index in [1.165, 1.54) is 22.6 Å². The first-order chi connectivity index (χ1) is 15.4. The molecule has 2 atom stereocenters. The number of benzene rings is 1. The highest BCUT2D eigenvalue weighted by Gasteiger charge is 2.55. The van der Waals surface area contributed by atoms with Crippen LogP contribution in [-0.4, -0.2) is 58.5 Å². The van der Waals surface area contributed by atoms with E-state index in [1.54, 1.807) is 42.6 Å². The molecule has 1 aliphatic carbocycles. The SMILES string of the molecule is COC1(C(=O)N2CCCC(NC(=O)c3ccc(-n4ccccc4=O)cc3)C2C(N)=O)CC1. The van der Waals surface area contributed by atoms with Gasteiger partial charge in [0.1, 0.15) is 11.6 Å². The summed E-state index contributed by atoms with van der Waals surface area (Å²) >= 11 is 0. The van der Waals surface area contributed by atoms with Crippen molar-refractivity contribution in [1.82, 2.24) is 14.8 Å². The number of methoxy groups -OCH3 is 1. The van der Waals surface area contributed by atoms with Gasteiger partial charge in [0.15, 0.2) is 0 Å². The molecule has 4 rings (SSSR count). The third-order valence-electron chi connectivity index (χ3n) is 6.21. The number of rotatable bonds is 6. The van der Waals surface area contributed by atoms with E-state index in [9.17, 15) is 19.2 Å². The number of nitrogens with zero attached hydrogens (tertiary/aromatic N) is 2. The predicted octanol–water partition coefficient (Wildman–Crippen LogP) is 0.591. The number of primary amides is 1. The number of aromatic nitrogens is 1. The van der Waals surface area contributed by atoms with Crippen molar-refractivity contribution in [1.29, 1.82) is 0 Å². The zero-order valence-electron chi connectivity index (χ0n) is 17.8. The molecule has 2 aliphatic rings. The Morgan fingerprint density at radius 3 is 2.44 bits per heavy atom. The van der Waals surface area contributed by atoms with Crippen LogP contribution < -0.4 is 16.6 Å². The van der Waals surface area contributed by atoms with Crippen LogP contribution in [0, 0.1) is 0 Å². The van der Waals surface area contributed by atoms with E-state index in [0.29, 0.717) is 43.5 Å². The average molecular weight is 438 g/mol. The van der Waals surface area contributed by atoms with E-state index >= 15 is 0 Å². The Balaban J connectivity index is 1.50. The van der Waals surface area contributed by atoms with Crippen LogP contribution in [0.3, 0.4) is 0 Å². The van der Waals surface area contributed by atoms with Gasteiger partial charge in [0.25, 0.3) is 17.4 Å². The van der Waals surface area contributed by atoms with Gasteiger partial charge in [-0.25, -0.2) is 0 Å². The van der Waals surface area contributed by atoms with Gasteiger partial charge in [-0.2, -0.15) is 0 Å². The van der Waals surface area contributed by atoms with Crippen molar-refractivity contribution in [2.24, 2.45) is 5.73 Å². The molecule has 1 aromatic carbocycles. The number of piperidine rings is 1. The van der Waals surface area contributed by atoms with Gasteiger partial charge in [0.05, 0.1) is 6.04 Å². The maximum absolute atomic E-state index is 13.0. The molecule has 3 N–H and O–H groups in total. The zero-order valence-corrected chi connectivity index (χ0v) is 17.8. The number of likely N-dealkylation sites (tertiary alicyclic amines) is 1. The lowest BCUT2D eigenvalue weighted by Gasteiger charge is -2.41. The molecule has 9 nitrogen and oxygen atoms in total.